The van der Waals surface area contributed by atoms with Gasteiger partial charge in [-0.2, -0.15) is 0 Å². The highest BCUT2D eigenvalue weighted by Gasteiger charge is 2.21. The van der Waals surface area contributed by atoms with Crippen molar-refractivity contribution in [3.05, 3.63) is 59.7 Å². The number of anilines is 1. The molecule has 1 fully saturated rings. The predicted molar refractivity (Wildman–Crippen MR) is 108 cm³/mol. The summed E-state index contributed by atoms with van der Waals surface area (Å²) in [6.45, 7) is 4.44. The van der Waals surface area contributed by atoms with Gasteiger partial charge >= 0.3 is 0 Å². The average molecular weight is 381 g/mol. The lowest BCUT2D eigenvalue weighted by atomic mass is 10.1. The first-order valence-corrected chi connectivity index (χ1v) is 9.59. The number of nitrogens with one attached hydrogen (secondary N) is 1. The molecule has 0 radical (unpaired) electrons. The van der Waals surface area contributed by atoms with Gasteiger partial charge in [0, 0.05) is 49.5 Å². The van der Waals surface area contributed by atoms with Crippen LogP contribution in [0.3, 0.4) is 0 Å². The van der Waals surface area contributed by atoms with E-state index in [-0.39, 0.29) is 5.82 Å². The van der Waals surface area contributed by atoms with E-state index in [0.717, 1.165) is 62.0 Å². The molecule has 1 aliphatic heterocycles. The zero-order valence-electron chi connectivity index (χ0n) is 15.7. The number of benzene rings is 1. The highest BCUT2D eigenvalue weighted by molar-refractivity contribution is 5.97. The number of amides is 1. The summed E-state index contributed by atoms with van der Waals surface area (Å²) in [4.78, 5) is 23.7. The van der Waals surface area contributed by atoms with E-state index < -0.39 is 5.91 Å². The van der Waals surface area contributed by atoms with E-state index in [9.17, 15) is 9.18 Å². The van der Waals surface area contributed by atoms with Gasteiger partial charge in [-0.15, -0.1) is 0 Å². The third kappa shape index (κ3) is 3.84. The monoisotopic (exact) mass is 381 g/mol. The van der Waals surface area contributed by atoms with E-state index in [1.807, 2.05) is 6.20 Å². The molecule has 2 aromatic heterocycles. The summed E-state index contributed by atoms with van der Waals surface area (Å²) < 4.78 is 13.5. The molecule has 146 valence electrons. The Kier molecular flexibility index (Phi) is 5.25. The number of primary amides is 1. The Bertz CT molecular complexity index is 978. The number of nitrogens with two attached hydrogens (primary N) is 1. The van der Waals surface area contributed by atoms with Gasteiger partial charge in [-0.05, 0) is 55.3 Å². The smallest absolute Gasteiger partial charge is 0.252 e. The molecule has 1 saturated heterocycles. The molecule has 7 heteroatoms. The van der Waals surface area contributed by atoms with Crippen molar-refractivity contribution in [2.45, 2.75) is 12.8 Å². The highest BCUT2D eigenvalue weighted by Crippen LogP contribution is 2.21. The van der Waals surface area contributed by atoms with Crippen molar-refractivity contribution in [3.8, 4) is 0 Å². The highest BCUT2D eigenvalue weighted by atomic mass is 19.1. The molecule has 6 nitrogen and oxygen atoms in total. The van der Waals surface area contributed by atoms with Crippen LogP contribution < -0.4 is 10.6 Å². The summed E-state index contributed by atoms with van der Waals surface area (Å²) in [5.41, 5.74) is 8.08. The van der Waals surface area contributed by atoms with Crippen LogP contribution in [0.25, 0.3) is 10.9 Å². The van der Waals surface area contributed by atoms with E-state index in [1.54, 1.807) is 30.5 Å². The number of piperazine rings is 1. The van der Waals surface area contributed by atoms with Crippen molar-refractivity contribution in [3.63, 3.8) is 0 Å². The molecule has 1 aromatic carbocycles. The largest absolute Gasteiger partial charge is 0.365 e. The van der Waals surface area contributed by atoms with Crippen LogP contribution >= 0.6 is 0 Å². The number of carbonyl (C=O) groups excluding carboxylic acids is 1. The summed E-state index contributed by atoms with van der Waals surface area (Å²) in [7, 11) is 0. The number of rotatable bonds is 6. The minimum absolute atomic E-state index is 0.200. The zero-order chi connectivity index (χ0) is 19.5. The normalized spacial score (nSPS) is 15.2. The Morgan fingerprint density at radius 1 is 1.21 bits per heavy atom. The third-order valence-corrected chi connectivity index (χ3v) is 5.37. The van der Waals surface area contributed by atoms with Gasteiger partial charge < -0.3 is 15.6 Å². The number of aromatic amines is 1. The van der Waals surface area contributed by atoms with Gasteiger partial charge in [0.05, 0.1) is 5.56 Å². The number of aromatic nitrogens is 2. The van der Waals surface area contributed by atoms with E-state index in [1.165, 1.54) is 6.07 Å². The van der Waals surface area contributed by atoms with Crippen LogP contribution in [-0.4, -0.2) is 53.5 Å². The van der Waals surface area contributed by atoms with Gasteiger partial charge in [0.25, 0.3) is 5.91 Å². The van der Waals surface area contributed by atoms with Crippen LogP contribution in [0.1, 0.15) is 22.3 Å². The Balaban J connectivity index is 1.30. The van der Waals surface area contributed by atoms with Gasteiger partial charge in [-0.3, -0.25) is 9.69 Å². The fourth-order valence-corrected chi connectivity index (χ4v) is 3.88. The topological polar surface area (TPSA) is 78.2 Å². The number of halogens is 1. The maximum Gasteiger partial charge on any atom is 0.252 e. The minimum Gasteiger partial charge on any atom is -0.365 e. The molecule has 28 heavy (non-hydrogen) atoms. The van der Waals surface area contributed by atoms with Crippen molar-refractivity contribution in [2.75, 3.05) is 37.6 Å². The summed E-state index contributed by atoms with van der Waals surface area (Å²) in [6, 6.07) is 8.32. The number of hydrogen-bond donors (Lipinski definition) is 2. The Morgan fingerprint density at radius 3 is 2.82 bits per heavy atom. The van der Waals surface area contributed by atoms with E-state index >= 15 is 0 Å². The molecule has 0 spiro atoms. The second kappa shape index (κ2) is 7.98. The quantitative estimate of drug-likeness (QED) is 0.688. The maximum absolute atomic E-state index is 13.5. The zero-order valence-corrected chi connectivity index (χ0v) is 15.7. The second-order valence-electron chi connectivity index (χ2n) is 7.17. The van der Waals surface area contributed by atoms with Crippen LogP contribution in [0, 0.1) is 5.82 Å². The first-order chi connectivity index (χ1) is 13.6. The van der Waals surface area contributed by atoms with Gasteiger partial charge in [-0.25, -0.2) is 9.37 Å². The number of nitrogens with zero attached hydrogens (tertiary/aromatic N) is 3. The molecule has 1 aliphatic rings. The number of pyridine rings is 1. The number of carbonyl (C=O) groups is 1. The standard InChI is InChI=1S/C21H24FN5O/c22-16-5-6-19-18(13-16)15(14-25-19)3-2-8-26-9-11-27(12-10-26)21-17(20(23)28)4-1-7-24-21/h1,4-7,13-14,25H,2-3,8-12H2,(H2,23,28). The van der Waals surface area contributed by atoms with Crippen LogP contribution in [0.4, 0.5) is 10.2 Å². The second-order valence-corrected chi connectivity index (χ2v) is 7.17. The molecule has 0 unspecified atom stereocenters. The van der Waals surface area contributed by atoms with Crippen molar-refractivity contribution in [1.29, 1.82) is 0 Å². The van der Waals surface area contributed by atoms with E-state index in [2.05, 4.69) is 19.8 Å². The molecule has 3 aromatic rings. The summed E-state index contributed by atoms with van der Waals surface area (Å²) in [5.74, 6) is 0.0329. The molecule has 1 amide bonds. The number of hydrogen-bond acceptors (Lipinski definition) is 4. The first kappa shape index (κ1) is 18.4. The molecule has 0 bridgehead atoms. The van der Waals surface area contributed by atoms with Gasteiger partial charge in [0.15, 0.2) is 0 Å². The van der Waals surface area contributed by atoms with Gasteiger partial charge in [-0.1, -0.05) is 0 Å². The summed E-state index contributed by atoms with van der Waals surface area (Å²) in [5, 5.41) is 0.971. The van der Waals surface area contributed by atoms with Crippen LogP contribution in [-0.2, 0) is 6.42 Å². The SMILES string of the molecule is NC(=O)c1cccnc1N1CCN(CCCc2c[nH]c3ccc(F)cc23)CC1. The Labute approximate surface area is 163 Å². The van der Waals surface area contributed by atoms with Crippen LogP contribution in [0.5, 0.6) is 0 Å². The van der Waals surface area contributed by atoms with Crippen molar-refractivity contribution < 1.29 is 9.18 Å². The summed E-state index contributed by atoms with van der Waals surface area (Å²) >= 11 is 0. The maximum atomic E-state index is 13.5. The summed E-state index contributed by atoms with van der Waals surface area (Å²) in [6.07, 6.45) is 5.60. The van der Waals surface area contributed by atoms with Gasteiger partial charge in [0.1, 0.15) is 11.6 Å². The van der Waals surface area contributed by atoms with Crippen LogP contribution in [0.2, 0.25) is 0 Å². The van der Waals surface area contributed by atoms with Crippen molar-refractivity contribution in [1.82, 2.24) is 14.9 Å². The first-order valence-electron chi connectivity index (χ1n) is 9.59. The molecule has 3 heterocycles. The third-order valence-electron chi connectivity index (χ3n) is 5.37. The van der Waals surface area contributed by atoms with Crippen molar-refractivity contribution in [2.24, 2.45) is 5.73 Å². The Hall–Kier alpha value is -2.93. The average Bonchev–Trinajstić information content (AvgIpc) is 3.10. The molecule has 0 atom stereocenters. The lowest BCUT2D eigenvalue weighted by Gasteiger charge is -2.36. The van der Waals surface area contributed by atoms with Crippen LogP contribution in [0.15, 0.2) is 42.7 Å². The molecular formula is C21H24FN5O. The minimum atomic E-state index is -0.444. The molecule has 3 N–H and O–H groups in total. The van der Waals surface area contributed by atoms with Gasteiger partial charge in [0.2, 0.25) is 0 Å². The fraction of sp³-hybridized carbons (Fsp3) is 0.333. The number of aryl methyl sites for hydroxylation is 1. The lowest BCUT2D eigenvalue weighted by molar-refractivity contribution is 0.1000. The molecular weight excluding hydrogens is 357 g/mol. The predicted octanol–water partition coefficient (Wildman–Crippen LogP) is 2.56. The van der Waals surface area contributed by atoms with E-state index in [4.69, 9.17) is 5.73 Å². The molecule has 4 rings (SSSR count). The lowest BCUT2D eigenvalue weighted by Crippen LogP contribution is -2.47. The molecule has 0 saturated carbocycles. The number of fused-ring (bicyclic) bond motifs is 1. The number of H-pyrrole nitrogens is 1. The Morgan fingerprint density at radius 2 is 2.04 bits per heavy atom. The van der Waals surface area contributed by atoms with Crippen molar-refractivity contribution >= 4 is 22.6 Å². The van der Waals surface area contributed by atoms with E-state index in [0.29, 0.717) is 11.4 Å². The fourth-order valence-electron chi connectivity index (χ4n) is 3.88. The molecule has 0 aliphatic carbocycles.